The molecule has 33 heavy (non-hydrogen) atoms. The number of rotatable bonds is 9. The first-order valence-electron chi connectivity index (χ1n) is 11.7. The van der Waals surface area contributed by atoms with Crippen LogP contribution >= 0.6 is 0 Å². The van der Waals surface area contributed by atoms with Crippen LogP contribution in [0.5, 0.6) is 0 Å². The summed E-state index contributed by atoms with van der Waals surface area (Å²) in [5.41, 5.74) is 4.02. The van der Waals surface area contributed by atoms with Crippen LogP contribution in [0.1, 0.15) is 89.7 Å². The number of aliphatic hydroxyl groups excluding tert-OH is 1. The molecule has 2 amide bonds. The van der Waals surface area contributed by atoms with E-state index < -0.39 is 6.04 Å². The van der Waals surface area contributed by atoms with Gasteiger partial charge in [-0.05, 0) is 41.9 Å². The standard InChI is InChI=1S/C26H35N3O4/c1-5-6-7-19(24(32)27-14-17-8-10-18(15-30)11-9-17)29-25(33)23-16(2)22-20(28-23)12-26(3,4)13-21(22)31/h8-11,19,28,30H,5-7,12-15H2,1-4H3,(H,27,32)(H,29,33). The van der Waals surface area contributed by atoms with Crippen molar-refractivity contribution in [1.82, 2.24) is 15.6 Å². The van der Waals surface area contributed by atoms with Gasteiger partial charge in [0.2, 0.25) is 5.91 Å². The summed E-state index contributed by atoms with van der Waals surface area (Å²) in [5, 5.41) is 14.9. The van der Waals surface area contributed by atoms with Gasteiger partial charge in [-0.2, -0.15) is 0 Å². The van der Waals surface area contributed by atoms with E-state index in [1.807, 2.05) is 45.0 Å². The highest BCUT2D eigenvalue weighted by molar-refractivity contribution is 6.05. The summed E-state index contributed by atoms with van der Waals surface area (Å²) in [7, 11) is 0. The second-order valence-corrected chi connectivity index (χ2v) is 9.78. The maximum atomic E-state index is 13.1. The van der Waals surface area contributed by atoms with Gasteiger partial charge in [0.15, 0.2) is 5.78 Å². The zero-order chi connectivity index (χ0) is 24.2. The molecule has 0 bridgehead atoms. The first-order chi connectivity index (χ1) is 15.6. The molecule has 1 unspecified atom stereocenters. The van der Waals surface area contributed by atoms with Crippen LogP contribution in [0.4, 0.5) is 0 Å². The molecule has 1 aromatic carbocycles. The number of Topliss-reactive ketones (excluding diaryl/α,β-unsaturated/α-hetero) is 1. The molecule has 2 aromatic rings. The summed E-state index contributed by atoms with van der Waals surface area (Å²) in [6.07, 6.45) is 3.40. The molecular formula is C26H35N3O4. The van der Waals surface area contributed by atoms with E-state index in [1.165, 1.54) is 0 Å². The van der Waals surface area contributed by atoms with Gasteiger partial charge in [0.25, 0.3) is 5.91 Å². The number of benzene rings is 1. The molecule has 0 radical (unpaired) electrons. The Morgan fingerprint density at radius 2 is 1.82 bits per heavy atom. The number of aliphatic hydroxyl groups is 1. The lowest BCUT2D eigenvalue weighted by atomic mass is 9.75. The third-order valence-electron chi connectivity index (χ3n) is 6.27. The number of hydrogen-bond donors (Lipinski definition) is 4. The predicted molar refractivity (Wildman–Crippen MR) is 127 cm³/mol. The van der Waals surface area contributed by atoms with E-state index in [9.17, 15) is 14.4 Å². The summed E-state index contributed by atoms with van der Waals surface area (Å²) < 4.78 is 0. The minimum absolute atomic E-state index is 0.0254. The molecule has 1 heterocycles. The van der Waals surface area contributed by atoms with Gasteiger partial charge in [-0.1, -0.05) is 57.9 Å². The minimum Gasteiger partial charge on any atom is -0.392 e. The Kier molecular flexibility index (Phi) is 7.74. The Morgan fingerprint density at radius 1 is 1.15 bits per heavy atom. The van der Waals surface area contributed by atoms with E-state index in [2.05, 4.69) is 15.6 Å². The van der Waals surface area contributed by atoms with Crippen molar-refractivity contribution in [3.8, 4) is 0 Å². The number of unbranched alkanes of at least 4 members (excludes halogenated alkanes) is 1. The molecule has 4 N–H and O–H groups in total. The molecule has 0 spiro atoms. The van der Waals surface area contributed by atoms with Gasteiger partial charge in [0, 0.05) is 24.2 Å². The number of aromatic nitrogens is 1. The van der Waals surface area contributed by atoms with Crippen LogP contribution in [0.2, 0.25) is 0 Å². The molecule has 1 aliphatic carbocycles. The Bertz CT molecular complexity index is 1020. The number of fused-ring (bicyclic) bond motifs is 1. The van der Waals surface area contributed by atoms with Crippen LogP contribution in [-0.4, -0.2) is 33.7 Å². The molecule has 0 aliphatic heterocycles. The molecule has 0 saturated carbocycles. The van der Waals surface area contributed by atoms with Crippen molar-refractivity contribution >= 4 is 17.6 Å². The molecule has 1 aromatic heterocycles. The first kappa shape index (κ1) is 24.7. The highest BCUT2D eigenvalue weighted by atomic mass is 16.3. The Hall–Kier alpha value is -2.93. The Balaban J connectivity index is 1.71. The van der Waals surface area contributed by atoms with Gasteiger partial charge in [0.1, 0.15) is 11.7 Å². The quantitative estimate of drug-likeness (QED) is 0.465. The van der Waals surface area contributed by atoms with Crippen LogP contribution in [0, 0.1) is 12.3 Å². The van der Waals surface area contributed by atoms with Crippen LogP contribution in [-0.2, 0) is 24.4 Å². The molecule has 7 nitrogen and oxygen atoms in total. The van der Waals surface area contributed by atoms with Crippen LogP contribution in [0.3, 0.4) is 0 Å². The molecule has 1 aliphatic rings. The summed E-state index contributed by atoms with van der Waals surface area (Å²) in [6.45, 7) is 8.23. The molecule has 0 fully saturated rings. The number of nitrogens with one attached hydrogen (secondary N) is 3. The van der Waals surface area contributed by atoms with E-state index >= 15 is 0 Å². The van der Waals surface area contributed by atoms with E-state index in [-0.39, 0.29) is 29.6 Å². The zero-order valence-electron chi connectivity index (χ0n) is 20.0. The number of amides is 2. The fourth-order valence-electron chi connectivity index (χ4n) is 4.44. The fraction of sp³-hybridized carbons (Fsp3) is 0.500. The van der Waals surface area contributed by atoms with Gasteiger partial charge >= 0.3 is 0 Å². The first-order valence-corrected chi connectivity index (χ1v) is 11.7. The fourth-order valence-corrected chi connectivity index (χ4v) is 4.44. The molecule has 7 heteroatoms. The normalized spacial score (nSPS) is 15.6. The molecule has 1 atom stereocenters. The Labute approximate surface area is 195 Å². The van der Waals surface area contributed by atoms with Crippen LogP contribution < -0.4 is 10.6 Å². The largest absolute Gasteiger partial charge is 0.392 e. The van der Waals surface area contributed by atoms with Crippen molar-refractivity contribution in [2.24, 2.45) is 5.41 Å². The number of ketones is 1. The van der Waals surface area contributed by atoms with Gasteiger partial charge in [-0.15, -0.1) is 0 Å². The summed E-state index contributed by atoms with van der Waals surface area (Å²) in [5.74, 6) is -0.549. The van der Waals surface area contributed by atoms with Crippen molar-refractivity contribution in [2.75, 3.05) is 0 Å². The van der Waals surface area contributed by atoms with Gasteiger partial charge in [-0.25, -0.2) is 0 Å². The minimum atomic E-state index is -0.666. The lowest BCUT2D eigenvalue weighted by Gasteiger charge is -2.28. The SMILES string of the molecule is CCCCC(NC(=O)c1[nH]c2c(c1C)C(=O)CC(C)(C)C2)C(=O)NCc1ccc(CO)cc1. The van der Waals surface area contributed by atoms with E-state index in [0.29, 0.717) is 42.6 Å². The van der Waals surface area contributed by atoms with E-state index in [1.54, 1.807) is 6.92 Å². The van der Waals surface area contributed by atoms with Gasteiger partial charge in [0.05, 0.1) is 6.61 Å². The molecule has 0 saturated heterocycles. The van der Waals surface area contributed by atoms with Gasteiger partial charge < -0.3 is 20.7 Å². The summed E-state index contributed by atoms with van der Waals surface area (Å²) >= 11 is 0. The Morgan fingerprint density at radius 3 is 2.45 bits per heavy atom. The second-order valence-electron chi connectivity index (χ2n) is 9.78. The lowest BCUT2D eigenvalue weighted by Crippen LogP contribution is -2.46. The maximum absolute atomic E-state index is 13.1. The lowest BCUT2D eigenvalue weighted by molar-refractivity contribution is -0.123. The average molecular weight is 454 g/mol. The molecule has 3 rings (SSSR count). The topological polar surface area (TPSA) is 111 Å². The summed E-state index contributed by atoms with van der Waals surface area (Å²) in [6, 6.07) is 6.68. The van der Waals surface area contributed by atoms with Crippen LogP contribution in [0.25, 0.3) is 0 Å². The third-order valence-corrected chi connectivity index (χ3v) is 6.27. The number of aromatic amines is 1. The smallest absolute Gasteiger partial charge is 0.268 e. The maximum Gasteiger partial charge on any atom is 0.268 e. The van der Waals surface area contributed by atoms with Gasteiger partial charge in [-0.3, -0.25) is 14.4 Å². The average Bonchev–Trinajstić information content (AvgIpc) is 3.10. The predicted octanol–water partition coefficient (Wildman–Crippen LogP) is 3.58. The monoisotopic (exact) mass is 453 g/mol. The van der Waals surface area contributed by atoms with Crippen molar-refractivity contribution in [1.29, 1.82) is 0 Å². The summed E-state index contributed by atoms with van der Waals surface area (Å²) in [4.78, 5) is 41.8. The van der Waals surface area contributed by atoms with Crippen LogP contribution in [0.15, 0.2) is 24.3 Å². The highest BCUT2D eigenvalue weighted by Gasteiger charge is 2.35. The second kappa shape index (κ2) is 10.3. The van der Waals surface area contributed by atoms with E-state index in [0.717, 1.165) is 29.7 Å². The molecule has 178 valence electrons. The van der Waals surface area contributed by atoms with Crippen molar-refractivity contribution in [3.05, 3.63) is 57.9 Å². The zero-order valence-corrected chi connectivity index (χ0v) is 20.0. The van der Waals surface area contributed by atoms with Crippen molar-refractivity contribution in [2.45, 2.75) is 79.0 Å². The van der Waals surface area contributed by atoms with Crippen molar-refractivity contribution < 1.29 is 19.5 Å². The number of carbonyl (C=O) groups excluding carboxylic acids is 3. The third kappa shape index (κ3) is 5.90. The molecular weight excluding hydrogens is 418 g/mol. The number of H-pyrrole nitrogens is 1. The number of carbonyl (C=O) groups is 3. The number of hydrogen-bond acceptors (Lipinski definition) is 4. The van der Waals surface area contributed by atoms with Crippen molar-refractivity contribution in [3.63, 3.8) is 0 Å². The van der Waals surface area contributed by atoms with E-state index in [4.69, 9.17) is 5.11 Å². The highest BCUT2D eigenvalue weighted by Crippen LogP contribution is 2.36.